The Morgan fingerprint density at radius 1 is 1.56 bits per heavy atom. The predicted molar refractivity (Wildman–Crippen MR) is 67.2 cm³/mol. The van der Waals surface area contributed by atoms with Crippen molar-refractivity contribution in [2.45, 2.75) is 32.2 Å². The lowest BCUT2D eigenvalue weighted by atomic mass is 10.2. The van der Waals surface area contributed by atoms with E-state index in [4.69, 9.17) is 11.6 Å². The molecule has 1 saturated heterocycles. The zero-order valence-corrected chi connectivity index (χ0v) is 10.5. The van der Waals surface area contributed by atoms with Crippen LogP contribution in [0, 0.1) is 0 Å². The smallest absolute Gasteiger partial charge is 0.225 e. The average molecular weight is 241 g/mol. The highest BCUT2D eigenvalue weighted by Gasteiger charge is 2.24. The van der Waals surface area contributed by atoms with E-state index in [2.05, 4.69) is 27.1 Å². The van der Waals surface area contributed by atoms with Crippen molar-refractivity contribution in [3.63, 3.8) is 0 Å². The topological polar surface area (TPSA) is 41.1 Å². The molecule has 0 saturated carbocycles. The van der Waals surface area contributed by atoms with Crippen molar-refractivity contribution in [2.24, 2.45) is 0 Å². The second-order valence-electron chi connectivity index (χ2n) is 4.02. The highest BCUT2D eigenvalue weighted by Crippen LogP contribution is 2.27. The van der Waals surface area contributed by atoms with Gasteiger partial charge in [0.1, 0.15) is 11.0 Å². The normalized spacial score (nSPS) is 20.2. The van der Waals surface area contributed by atoms with Gasteiger partial charge in [0.25, 0.3) is 0 Å². The summed E-state index contributed by atoms with van der Waals surface area (Å²) in [5.41, 5.74) is 0. The van der Waals surface area contributed by atoms with E-state index in [9.17, 15) is 0 Å². The van der Waals surface area contributed by atoms with Crippen LogP contribution >= 0.6 is 11.6 Å². The standard InChI is InChI=1S/C11H17ClN4/c1-3-8-5-4-6-16(8)10-7-9(12)14-11(13-2)15-10/h7-8H,3-6H2,1-2H3,(H,13,14,15)/t8-/m1/s1. The lowest BCUT2D eigenvalue weighted by molar-refractivity contribution is 0.640. The number of rotatable bonds is 3. The molecule has 2 heterocycles. The summed E-state index contributed by atoms with van der Waals surface area (Å²) in [5, 5.41) is 3.43. The molecule has 5 heteroatoms. The Morgan fingerprint density at radius 3 is 3.06 bits per heavy atom. The van der Waals surface area contributed by atoms with Gasteiger partial charge in [-0.2, -0.15) is 4.98 Å². The number of nitrogens with one attached hydrogen (secondary N) is 1. The molecule has 1 aromatic heterocycles. The van der Waals surface area contributed by atoms with Crippen LogP contribution in [-0.4, -0.2) is 29.6 Å². The van der Waals surface area contributed by atoms with Crippen molar-refractivity contribution in [1.82, 2.24) is 9.97 Å². The first-order valence-electron chi connectivity index (χ1n) is 5.73. The Hall–Kier alpha value is -1.03. The maximum absolute atomic E-state index is 5.98. The lowest BCUT2D eigenvalue weighted by Crippen LogP contribution is -2.29. The molecule has 0 spiro atoms. The maximum Gasteiger partial charge on any atom is 0.225 e. The number of nitrogens with zero attached hydrogens (tertiary/aromatic N) is 3. The number of halogens is 1. The molecule has 1 fully saturated rings. The second kappa shape index (κ2) is 4.87. The van der Waals surface area contributed by atoms with Gasteiger partial charge in [0.05, 0.1) is 0 Å². The lowest BCUT2D eigenvalue weighted by Gasteiger charge is -2.24. The van der Waals surface area contributed by atoms with E-state index in [0.29, 0.717) is 17.1 Å². The molecule has 16 heavy (non-hydrogen) atoms. The van der Waals surface area contributed by atoms with Gasteiger partial charge < -0.3 is 10.2 Å². The average Bonchev–Trinajstić information content (AvgIpc) is 2.76. The Labute approximate surface area is 101 Å². The minimum atomic E-state index is 0.496. The second-order valence-corrected chi connectivity index (χ2v) is 4.41. The zero-order chi connectivity index (χ0) is 11.5. The van der Waals surface area contributed by atoms with Crippen LogP contribution in [0.4, 0.5) is 11.8 Å². The fourth-order valence-electron chi connectivity index (χ4n) is 2.23. The van der Waals surface area contributed by atoms with Gasteiger partial charge in [-0.05, 0) is 19.3 Å². The van der Waals surface area contributed by atoms with Gasteiger partial charge >= 0.3 is 0 Å². The van der Waals surface area contributed by atoms with E-state index >= 15 is 0 Å². The minimum Gasteiger partial charge on any atom is -0.357 e. The van der Waals surface area contributed by atoms with Crippen molar-refractivity contribution >= 4 is 23.4 Å². The van der Waals surface area contributed by atoms with Gasteiger partial charge in [0.2, 0.25) is 5.95 Å². The minimum absolute atomic E-state index is 0.496. The summed E-state index contributed by atoms with van der Waals surface area (Å²) in [6.07, 6.45) is 3.62. The third kappa shape index (κ3) is 2.21. The molecular weight excluding hydrogens is 224 g/mol. The molecule has 0 unspecified atom stereocenters. The quantitative estimate of drug-likeness (QED) is 0.825. The van der Waals surface area contributed by atoms with Crippen LogP contribution in [0.15, 0.2) is 6.07 Å². The van der Waals surface area contributed by atoms with Gasteiger partial charge in [-0.3, -0.25) is 0 Å². The Balaban J connectivity index is 2.28. The van der Waals surface area contributed by atoms with Gasteiger partial charge in [-0.25, -0.2) is 4.98 Å². The first kappa shape index (κ1) is 11.5. The van der Waals surface area contributed by atoms with E-state index in [1.807, 2.05) is 6.07 Å². The molecule has 1 atom stereocenters. The van der Waals surface area contributed by atoms with E-state index in [-0.39, 0.29) is 0 Å². The van der Waals surface area contributed by atoms with Gasteiger partial charge in [-0.1, -0.05) is 18.5 Å². The van der Waals surface area contributed by atoms with Crippen LogP contribution in [0.2, 0.25) is 5.15 Å². The maximum atomic E-state index is 5.98. The molecule has 88 valence electrons. The highest BCUT2D eigenvalue weighted by molar-refractivity contribution is 6.29. The summed E-state index contributed by atoms with van der Waals surface area (Å²) in [6.45, 7) is 3.28. The van der Waals surface area contributed by atoms with Crippen molar-refractivity contribution in [2.75, 3.05) is 23.8 Å². The van der Waals surface area contributed by atoms with Crippen molar-refractivity contribution < 1.29 is 0 Å². The number of anilines is 2. The van der Waals surface area contributed by atoms with Crippen LogP contribution in [0.5, 0.6) is 0 Å². The summed E-state index contributed by atoms with van der Waals surface area (Å²) in [6, 6.07) is 2.44. The van der Waals surface area contributed by atoms with E-state index in [1.165, 1.54) is 12.8 Å². The predicted octanol–water partition coefficient (Wildman–Crippen LogP) is 2.55. The van der Waals surface area contributed by atoms with Crippen LogP contribution < -0.4 is 10.2 Å². The number of hydrogen-bond donors (Lipinski definition) is 1. The molecule has 4 nitrogen and oxygen atoms in total. The van der Waals surface area contributed by atoms with Crippen LogP contribution in [0.3, 0.4) is 0 Å². The Kier molecular flexibility index (Phi) is 3.49. The molecule has 1 aromatic rings. The number of aromatic nitrogens is 2. The molecule has 0 amide bonds. The Bertz CT molecular complexity index is 369. The molecule has 1 N–H and O–H groups in total. The van der Waals surface area contributed by atoms with E-state index in [1.54, 1.807) is 7.05 Å². The van der Waals surface area contributed by atoms with E-state index in [0.717, 1.165) is 18.8 Å². The van der Waals surface area contributed by atoms with Gasteiger partial charge in [0, 0.05) is 25.7 Å². The van der Waals surface area contributed by atoms with Crippen molar-refractivity contribution in [3.05, 3.63) is 11.2 Å². The van der Waals surface area contributed by atoms with Crippen molar-refractivity contribution in [1.29, 1.82) is 0 Å². The largest absolute Gasteiger partial charge is 0.357 e. The fourth-order valence-corrected chi connectivity index (χ4v) is 2.40. The third-order valence-electron chi connectivity index (χ3n) is 3.05. The summed E-state index contributed by atoms with van der Waals surface area (Å²) in [4.78, 5) is 10.9. The SMILES string of the molecule is CC[C@@H]1CCCN1c1cc(Cl)nc(NC)n1. The molecule has 0 aromatic carbocycles. The molecular formula is C11H17ClN4. The van der Waals surface area contributed by atoms with Gasteiger partial charge in [-0.15, -0.1) is 0 Å². The molecule has 0 radical (unpaired) electrons. The zero-order valence-electron chi connectivity index (χ0n) is 9.70. The third-order valence-corrected chi connectivity index (χ3v) is 3.24. The van der Waals surface area contributed by atoms with Crippen LogP contribution in [-0.2, 0) is 0 Å². The first-order chi connectivity index (χ1) is 7.74. The summed E-state index contributed by atoms with van der Waals surface area (Å²) in [5.74, 6) is 1.53. The summed E-state index contributed by atoms with van der Waals surface area (Å²) >= 11 is 5.98. The van der Waals surface area contributed by atoms with Crippen LogP contribution in [0.1, 0.15) is 26.2 Å². The first-order valence-corrected chi connectivity index (χ1v) is 6.11. The molecule has 0 aliphatic carbocycles. The molecule has 0 bridgehead atoms. The van der Waals surface area contributed by atoms with E-state index < -0.39 is 0 Å². The molecule has 1 aliphatic heterocycles. The highest BCUT2D eigenvalue weighted by atomic mass is 35.5. The molecule has 2 rings (SSSR count). The summed E-state index contributed by atoms with van der Waals surface area (Å²) < 4.78 is 0. The number of hydrogen-bond acceptors (Lipinski definition) is 4. The van der Waals surface area contributed by atoms with Gasteiger partial charge in [0.15, 0.2) is 0 Å². The Morgan fingerprint density at radius 2 is 2.38 bits per heavy atom. The monoisotopic (exact) mass is 240 g/mol. The molecule has 1 aliphatic rings. The summed E-state index contributed by atoms with van der Waals surface area (Å²) in [7, 11) is 1.80. The van der Waals surface area contributed by atoms with Crippen molar-refractivity contribution in [3.8, 4) is 0 Å². The fraction of sp³-hybridized carbons (Fsp3) is 0.636. The van der Waals surface area contributed by atoms with Crippen LogP contribution in [0.25, 0.3) is 0 Å².